The predicted octanol–water partition coefficient (Wildman–Crippen LogP) is 0.972. The van der Waals surface area contributed by atoms with E-state index in [-0.39, 0.29) is 5.69 Å². The monoisotopic (exact) mass is 165 g/mol. The first kappa shape index (κ1) is 8.06. The van der Waals surface area contributed by atoms with Crippen LogP contribution < -0.4 is 5.73 Å². The van der Waals surface area contributed by atoms with Crippen molar-refractivity contribution in [1.29, 1.82) is 0 Å². The van der Waals surface area contributed by atoms with Crippen LogP contribution in [0.1, 0.15) is 11.7 Å². The van der Waals surface area contributed by atoms with E-state index in [1.165, 1.54) is 0 Å². The van der Waals surface area contributed by atoms with Crippen molar-refractivity contribution >= 4 is 0 Å². The lowest BCUT2D eigenvalue weighted by Crippen LogP contribution is -2.28. The first-order valence-corrected chi connectivity index (χ1v) is 2.82. The second-order valence-corrected chi connectivity index (χ2v) is 2.03. The normalized spacial score (nSPS) is 14.9. The van der Waals surface area contributed by atoms with Gasteiger partial charge in [0.25, 0.3) is 0 Å². The van der Waals surface area contributed by atoms with Crippen LogP contribution in [0.25, 0.3) is 0 Å². The van der Waals surface area contributed by atoms with E-state index in [1.807, 2.05) is 0 Å². The smallest absolute Gasteiger partial charge is 0.347 e. The number of halogens is 3. The van der Waals surface area contributed by atoms with Crippen LogP contribution in [0.15, 0.2) is 12.5 Å². The highest BCUT2D eigenvalue weighted by atomic mass is 19.4. The van der Waals surface area contributed by atoms with E-state index < -0.39 is 12.2 Å². The van der Waals surface area contributed by atoms with E-state index in [0.29, 0.717) is 0 Å². The zero-order chi connectivity index (χ0) is 8.48. The van der Waals surface area contributed by atoms with E-state index in [4.69, 9.17) is 5.73 Å². The summed E-state index contributed by atoms with van der Waals surface area (Å²) in [4.78, 5) is 5.71. The molecule has 1 unspecified atom stereocenters. The summed E-state index contributed by atoms with van der Waals surface area (Å²) in [5.74, 6) is 0. The molecule has 6 heteroatoms. The third kappa shape index (κ3) is 1.70. The van der Waals surface area contributed by atoms with E-state index in [0.717, 1.165) is 12.5 Å². The molecule has 0 spiro atoms. The maximum Gasteiger partial charge on any atom is 0.409 e. The maximum atomic E-state index is 11.8. The average molecular weight is 165 g/mol. The van der Waals surface area contributed by atoms with Gasteiger partial charge in [0.05, 0.1) is 12.0 Å². The fraction of sp³-hybridized carbons (Fsp3) is 0.400. The SMILES string of the molecule is NC(c1cnc[nH]1)C(F)(F)F. The minimum absolute atomic E-state index is 0.127. The summed E-state index contributed by atoms with van der Waals surface area (Å²) >= 11 is 0. The fourth-order valence-electron chi connectivity index (χ4n) is 0.613. The van der Waals surface area contributed by atoms with Crippen molar-refractivity contribution in [3.63, 3.8) is 0 Å². The second kappa shape index (κ2) is 2.54. The van der Waals surface area contributed by atoms with Gasteiger partial charge in [-0.3, -0.25) is 0 Å². The molecule has 1 atom stereocenters. The van der Waals surface area contributed by atoms with Gasteiger partial charge < -0.3 is 10.7 Å². The lowest BCUT2D eigenvalue weighted by molar-refractivity contribution is -0.149. The summed E-state index contributed by atoms with van der Waals surface area (Å²) in [5, 5.41) is 0. The van der Waals surface area contributed by atoms with Gasteiger partial charge in [-0.15, -0.1) is 0 Å². The summed E-state index contributed by atoms with van der Waals surface area (Å²) in [6.07, 6.45) is -2.20. The Hall–Kier alpha value is -1.04. The van der Waals surface area contributed by atoms with Gasteiger partial charge in [-0.2, -0.15) is 13.2 Å². The van der Waals surface area contributed by atoms with Crippen LogP contribution in [-0.4, -0.2) is 16.1 Å². The van der Waals surface area contributed by atoms with Crippen molar-refractivity contribution in [1.82, 2.24) is 9.97 Å². The molecule has 0 amide bonds. The standard InChI is InChI=1S/C5H6F3N3/c6-5(7,8)4(9)3-1-10-2-11-3/h1-2,4H,9H2,(H,10,11). The van der Waals surface area contributed by atoms with E-state index >= 15 is 0 Å². The molecule has 0 aromatic carbocycles. The summed E-state index contributed by atoms with van der Waals surface area (Å²) in [5.41, 5.74) is 4.69. The molecule has 3 N–H and O–H groups in total. The van der Waals surface area contributed by atoms with E-state index in [2.05, 4.69) is 9.97 Å². The molecule has 3 nitrogen and oxygen atoms in total. The molecule has 1 rings (SSSR count). The van der Waals surface area contributed by atoms with Crippen molar-refractivity contribution in [2.24, 2.45) is 5.73 Å². The Morgan fingerprint density at radius 1 is 1.55 bits per heavy atom. The van der Waals surface area contributed by atoms with Crippen LogP contribution >= 0.6 is 0 Å². The predicted molar refractivity (Wildman–Crippen MR) is 31.6 cm³/mol. The third-order valence-corrected chi connectivity index (χ3v) is 1.21. The lowest BCUT2D eigenvalue weighted by atomic mass is 10.2. The summed E-state index contributed by atoms with van der Waals surface area (Å²) in [7, 11) is 0. The van der Waals surface area contributed by atoms with Crippen LogP contribution in [0.5, 0.6) is 0 Å². The Morgan fingerprint density at radius 2 is 2.18 bits per heavy atom. The fourth-order valence-corrected chi connectivity index (χ4v) is 0.613. The number of aromatic amines is 1. The van der Waals surface area contributed by atoms with Gasteiger partial charge in [0.1, 0.15) is 6.04 Å². The molecule has 1 aromatic rings. The highest BCUT2D eigenvalue weighted by molar-refractivity contribution is 5.03. The van der Waals surface area contributed by atoms with E-state index in [1.54, 1.807) is 0 Å². The first-order valence-electron chi connectivity index (χ1n) is 2.82. The number of aromatic nitrogens is 2. The number of imidazole rings is 1. The van der Waals surface area contributed by atoms with Gasteiger partial charge in [0.15, 0.2) is 0 Å². The van der Waals surface area contributed by atoms with E-state index in [9.17, 15) is 13.2 Å². The van der Waals surface area contributed by atoms with Crippen molar-refractivity contribution in [3.8, 4) is 0 Å². The third-order valence-electron chi connectivity index (χ3n) is 1.21. The van der Waals surface area contributed by atoms with Crippen LogP contribution in [0.2, 0.25) is 0 Å². The Labute approximate surface area is 60.4 Å². The molecule has 11 heavy (non-hydrogen) atoms. The van der Waals surface area contributed by atoms with Crippen molar-refractivity contribution in [3.05, 3.63) is 18.2 Å². The summed E-state index contributed by atoms with van der Waals surface area (Å²) in [6, 6.07) is -1.97. The quantitative estimate of drug-likeness (QED) is 0.651. The minimum atomic E-state index is -4.41. The number of nitrogens with zero attached hydrogens (tertiary/aromatic N) is 1. The van der Waals surface area contributed by atoms with Crippen LogP contribution in [0.4, 0.5) is 13.2 Å². The highest BCUT2D eigenvalue weighted by Crippen LogP contribution is 2.28. The molecule has 0 saturated heterocycles. The van der Waals surface area contributed by atoms with Crippen LogP contribution in [0, 0.1) is 0 Å². The Bertz CT molecular complexity index is 215. The van der Waals surface area contributed by atoms with Gasteiger partial charge in [-0.1, -0.05) is 0 Å². The van der Waals surface area contributed by atoms with Gasteiger partial charge in [-0.05, 0) is 0 Å². The zero-order valence-electron chi connectivity index (χ0n) is 5.39. The highest BCUT2D eigenvalue weighted by Gasteiger charge is 2.38. The van der Waals surface area contributed by atoms with Crippen molar-refractivity contribution < 1.29 is 13.2 Å². The molecule has 1 aromatic heterocycles. The molecule has 0 bridgehead atoms. The second-order valence-electron chi connectivity index (χ2n) is 2.03. The summed E-state index contributed by atoms with van der Waals surface area (Å²) < 4.78 is 35.5. The molecular formula is C5H6F3N3. The summed E-state index contributed by atoms with van der Waals surface area (Å²) in [6.45, 7) is 0. The number of hydrogen-bond acceptors (Lipinski definition) is 2. The molecule has 1 heterocycles. The van der Waals surface area contributed by atoms with Crippen LogP contribution in [0.3, 0.4) is 0 Å². The molecule has 62 valence electrons. The molecule has 0 saturated carbocycles. The maximum absolute atomic E-state index is 11.8. The average Bonchev–Trinajstić information content (AvgIpc) is 2.34. The number of hydrogen-bond donors (Lipinski definition) is 2. The zero-order valence-corrected chi connectivity index (χ0v) is 5.39. The van der Waals surface area contributed by atoms with Crippen molar-refractivity contribution in [2.45, 2.75) is 12.2 Å². The number of rotatable bonds is 1. The molecule has 0 aliphatic rings. The molecular weight excluding hydrogens is 159 g/mol. The van der Waals surface area contributed by atoms with Gasteiger partial charge >= 0.3 is 6.18 Å². The topological polar surface area (TPSA) is 54.7 Å². The Balaban J connectivity index is 2.78. The molecule has 0 aliphatic carbocycles. The number of nitrogens with one attached hydrogen (secondary N) is 1. The largest absolute Gasteiger partial charge is 0.409 e. The minimum Gasteiger partial charge on any atom is -0.347 e. The molecule has 0 radical (unpaired) electrons. The Morgan fingerprint density at radius 3 is 2.55 bits per heavy atom. The number of H-pyrrole nitrogens is 1. The van der Waals surface area contributed by atoms with Crippen molar-refractivity contribution in [2.75, 3.05) is 0 Å². The number of alkyl halides is 3. The molecule has 0 aliphatic heterocycles. The molecule has 0 fully saturated rings. The number of nitrogens with two attached hydrogens (primary N) is 1. The Kier molecular flexibility index (Phi) is 1.86. The van der Waals surface area contributed by atoms with Gasteiger partial charge in [0, 0.05) is 6.20 Å². The van der Waals surface area contributed by atoms with Gasteiger partial charge in [-0.25, -0.2) is 4.98 Å². The van der Waals surface area contributed by atoms with Crippen LogP contribution in [-0.2, 0) is 0 Å². The lowest BCUT2D eigenvalue weighted by Gasteiger charge is -2.12. The first-order chi connectivity index (χ1) is 5.02. The van der Waals surface area contributed by atoms with Gasteiger partial charge in [0.2, 0.25) is 0 Å².